The molecule has 0 amide bonds. The molecule has 2 aliphatic rings. The Bertz CT molecular complexity index is 4240. The first-order valence-corrected chi connectivity index (χ1v) is 36.7. The molecule has 16 heteroatoms. The second-order valence-corrected chi connectivity index (χ2v) is 21.6. The van der Waals surface area contributed by atoms with Crippen molar-refractivity contribution < 1.29 is 0 Å². The van der Waals surface area contributed by atoms with Gasteiger partial charge in [0.2, 0.25) is 0 Å². The van der Waals surface area contributed by atoms with E-state index < -0.39 is 0 Å². The van der Waals surface area contributed by atoms with Crippen LogP contribution in [0.2, 0.25) is 0 Å². The van der Waals surface area contributed by atoms with Gasteiger partial charge in [0.25, 0.3) is 16.7 Å². The van der Waals surface area contributed by atoms with Gasteiger partial charge in [0, 0.05) is 61.2 Å². The summed E-state index contributed by atoms with van der Waals surface area (Å²) >= 11 is 1.43. The average Bonchev–Trinajstić information content (AvgIpc) is 1.70. The summed E-state index contributed by atoms with van der Waals surface area (Å²) in [7, 11) is 7.23. The molecule has 1 aliphatic heterocycles. The van der Waals surface area contributed by atoms with Gasteiger partial charge < -0.3 is 23.6 Å². The maximum Gasteiger partial charge on any atom is 0.271 e. The fourth-order valence-electron chi connectivity index (χ4n) is 9.28. The van der Waals surface area contributed by atoms with Gasteiger partial charge in [-0.2, -0.15) is 5.10 Å². The van der Waals surface area contributed by atoms with Crippen molar-refractivity contribution in [1.82, 2.24) is 58.7 Å². The van der Waals surface area contributed by atoms with Crippen molar-refractivity contribution in [2.24, 2.45) is 21.1 Å². The number of likely N-dealkylation sites (tertiary alicyclic amines) is 1. The van der Waals surface area contributed by atoms with Gasteiger partial charge in [-0.3, -0.25) is 29.5 Å². The molecule has 0 bridgehead atoms. The van der Waals surface area contributed by atoms with Crippen LogP contribution in [0.5, 0.6) is 0 Å². The number of nitrogens with zero attached hydrogens (tertiary/aromatic N) is 10. The van der Waals surface area contributed by atoms with Crippen LogP contribution in [0.15, 0.2) is 197 Å². The molecule has 2 N–H and O–H groups in total. The number of fused-ring (bicyclic) bond motifs is 7. The van der Waals surface area contributed by atoms with Crippen molar-refractivity contribution in [2.45, 2.75) is 177 Å². The van der Waals surface area contributed by atoms with Gasteiger partial charge in [0.05, 0.1) is 47.1 Å². The van der Waals surface area contributed by atoms with Crippen molar-refractivity contribution in [3.8, 4) is 0 Å². The minimum absolute atomic E-state index is 0.000556. The van der Waals surface area contributed by atoms with Crippen molar-refractivity contribution in [3.63, 3.8) is 0 Å². The van der Waals surface area contributed by atoms with E-state index in [0.717, 1.165) is 32.6 Å². The second-order valence-electron chi connectivity index (χ2n) is 20.6. The van der Waals surface area contributed by atoms with E-state index in [0.29, 0.717) is 16.4 Å². The van der Waals surface area contributed by atoms with E-state index in [9.17, 15) is 14.4 Å². The first kappa shape index (κ1) is 89.8. The fourth-order valence-corrected chi connectivity index (χ4v) is 10.1. The van der Waals surface area contributed by atoms with E-state index in [1.165, 1.54) is 140 Å². The molecule has 536 valence electrons. The number of H-pyrrole nitrogens is 2. The molecule has 8 aromatic heterocycles. The fraction of sp³-hybridized carbons (Fsp3) is 0.386. The number of aromatic amines is 2. The smallest absolute Gasteiger partial charge is 0.271 e. The highest BCUT2D eigenvalue weighted by Gasteiger charge is 2.08. The zero-order chi connectivity index (χ0) is 74.7. The molecule has 0 unspecified atom stereocenters. The lowest BCUT2D eigenvalue weighted by Crippen LogP contribution is -2.16. The summed E-state index contributed by atoms with van der Waals surface area (Å²) < 4.78 is 5.11. The maximum atomic E-state index is 11.5. The number of aryl methyl sites for hydroxylation is 9. The summed E-state index contributed by atoms with van der Waals surface area (Å²) in [6.45, 7) is 42.9. The average molecular weight is 1370 g/mol. The molecular formula is C83H120N12O3S. The first-order chi connectivity index (χ1) is 48.2. The lowest BCUT2D eigenvalue weighted by atomic mass is 9.91. The van der Waals surface area contributed by atoms with Crippen LogP contribution < -0.4 is 16.7 Å². The highest BCUT2D eigenvalue weighted by molar-refractivity contribution is 7.17. The van der Waals surface area contributed by atoms with Crippen LogP contribution in [0.4, 0.5) is 0 Å². The Morgan fingerprint density at radius 2 is 0.939 bits per heavy atom. The molecule has 1 fully saturated rings. The maximum absolute atomic E-state index is 11.5. The van der Waals surface area contributed by atoms with E-state index in [1.54, 1.807) is 38.3 Å². The van der Waals surface area contributed by atoms with Crippen molar-refractivity contribution in [1.29, 1.82) is 0 Å². The van der Waals surface area contributed by atoms with Crippen molar-refractivity contribution in [2.75, 3.05) is 20.1 Å². The molecule has 0 radical (unpaired) electrons. The molecule has 1 aliphatic carbocycles. The van der Waals surface area contributed by atoms with Crippen LogP contribution in [0.1, 0.15) is 170 Å². The summed E-state index contributed by atoms with van der Waals surface area (Å²) in [5.74, 6) is 0. The van der Waals surface area contributed by atoms with Crippen molar-refractivity contribution in [3.05, 3.63) is 247 Å². The Morgan fingerprint density at radius 3 is 1.57 bits per heavy atom. The third kappa shape index (κ3) is 31.0. The zero-order valence-corrected chi connectivity index (χ0v) is 65.4. The SMILES string of the molecule is CC.CC.CC.CC.CC.CC.CC.CC.CN1CCCC1.Cc1cc2ccccc2cn1.Cc1ccc2[nH]ccc2c1.Cc1ccc2c(c1)CCCC2.Cc1ccc2ccccc2n1.Cn1cnc2[nH]ncc2c1=O.Cn1cnc2ccccc2c1=O.Cn1cnc2ccsc2c1=O. The predicted octanol–water partition coefficient (Wildman–Crippen LogP) is 20.9. The molecule has 1 saturated heterocycles. The Morgan fingerprint density at radius 1 is 0.414 bits per heavy atom. The molecular weight excluding hydrogens is 1250 g/mol. The molecule has 15 nitrogen and oxygen atoms in total. The summed E-state index contributed by atoms with van der Waals surface area (Å²) in [6.07, 6.45) is 18.1. The predicted molar refractivity (Wildman–Crippen MR) is 432 cm³/mol. The van der Waals surface area contributed by atoms with Gasteiger partial charge in [-0.25, -0.2) is 15.0 Å². The summed E-state index contributed by atoms with van der Waals surface area (Å²) in [4.78, 5) is 60.2. The highest BCUT2D eigenvalue weighted by Crippen LogP contribution is 2.22. The summed E-state index contributed by atoms with van der Waals surface area (Å²) in [6, 6.07) is 47.1. The van der Waals surface area contributed by atoms with E-state index in [-0.39, 0.29) is 16.7 Å². The number of pyridine rings is 2. The Kier molecular flexibility index (Phi) is 48.7. The molecule has 5 aromatic carbocycles. The highest BCUT2D eigenvalue weighted by atomic mass is 32.1. The third-order valence-electron chi connectivity index (χ3n) is 13.9. The number of thiophene rings is 1. The van der Waals surface area contributed by atoms with Crippen LogP contribution in [-0.2, 0) is 34.0 Å². The zero-order valence-electron chi connectivity index (χ0n) is 64.6. The van der Waals surface area contributed by atoms with Crippen molar-refractivity contribution >= 4 is 76.1 Å². The second kappa shape index (κ2) is 53.8. The quantitative estimate of drug-likeness (QED) is 0.148. The normalized spacial score (nSPS) is 10.8. The molecule has 13 aromatic rings. The lowest BCUT2D eigenvalue weighted by Gasteiger charge is -2.15. The van der Waals surface area contributed by atoms with E-state index in [4.69, 9.17) is 0 Å². The number of hydrogen-bond donors (Lipinski definition) is 2. The van der Waals surface area contributed by atoms with Crippen LogP contribution in [0.3, 0.4) is 0 Å². The molecule has 15 rings (SSSR count). The van der Waals surface area contributed by atoms with Gasteiger partial charge in [0.15, 0.2) is 5.65 Å². The molecule has 0 spiro atoms. The minimum Gasteiger partial charge on any atom is -0.361 e. The number of nitrogens with one attached hydrogen (secondary N) is 2. The largest absolute Gasteiger partial charge is 0.361 e. The Hall–Kier alpha value is -9.25. The van der Waals surface area contributed by atoms with Crippen LogP contribution >= 0.6 is 11.3 Å². The van der Waals surface area contributed by atoms with Gasteiger partial charge >= 0.3 is 0 Å². The Balaban J connectivity index is 0.00000108. The van der Waals surface area contributed by atoms with Gasteiger partial charge in [-0.05, 0) is 168 Å². The number of rotatable bonds is 0. The number of aromatic nitrogens is 11. The van der Waals surface area contributed by atoms with E-state index in [1.807, 2.05) is 203 Å². The summed E-state index contributed by atoms with van der Waals surface area (Å²) in [5, 5.41) is 14.4. The minimum atomic E-state index is -0.0799. The third-order valence-corrected chi connectivity index (χ3v) is 14.8. The Labute approximate surface area is 596 Å². The summed E-state index contributed by atoms with van der Waals surface area (Å²) in [5.41, 5.74) is 12.4. The first-order valence-electron chi connectivity index (χ1n) is 35.8. The topological polar surface area (TPSA) is 178 Å². The van der Waals surface area contributed by atoms with E-state index >= 15 is 0 Å². The van der Waals surface area contributed by atoms with Gasteiger partial charge in [-0.15, -0.1) is 11.3 Å². The lowest BCUT2D eigenvalue weighted by molar-refractivity contribution is 0.418. The monoisotopic (exact) mass is 1360 g/mol. The molecule has 0 saturated carbocycles. The van der Waals surface area contributed by atoms with Gasteiger partial charge in [0.1, 0.15) is 10.1 Å². The van der Waals surface area contributed by atoms with Gasteiger partial charge in [-0.1, -0.05) is 207 Å². The van der Waals surface area contributed by atoms with E-state index in [2.05, 4.69) is 139 Å². The molecule has 0 atom stereocenters. The number of benzene rings is 5. The van der Waals surface area contributed by atoms with Crippen LogP contribution in [0.25, 0.3) is 64.7 Å². The number of para-hydroxylation sites is 2. The standard InChI is InChI=1S/C11H14.2C10H9N.C9H8N2O.C9H9N.C7H6N2OS.C6H6N4O.C5H11N.8C2H6/c1-9-6-7-10-4-2-3-5-11(10)8-9;1-8-6-9-4-2-3-5-10(9)7-11-8;1-8-6-7-9-4-2-3-5-10(9)11-8;1-11-6-10-8-5-3-2-4-7(8)9(11)12;1-7-2-3-9-8(6-7)4-5-10-9;1-9-4-8-5-2-3-11-6(5)7(9)10;1-10-3-7-5-4(6(10)11)2-8-9-5;1-6-4-2-3-5-6;8*1-2/h6-8H,2-5H2,1H3;2*2-7H,1H3;2-6H,1H3;2-6,10H,1H3;2-4H,1H3;2-3H,1H3,(H,8,9);2-5H2,1H3;8*1-2H3. The van der Waals surface area contributed by atoms with Crippen LogP contribution in [0, 0.1) is 27.7 Å². The molecule has 9 heterocycles. The van der Waals surface area contributed by atoms with Crippen LogP contribution in [-0.4, -0.2) is 78.8 Å². The number of hydrogen-bond acceptors (Lipinski definition) is 11. The molecule has 99 heavy (non-hydrogen) atoms.